The summed E-state index contributed by atoms with van der Waals surface area (Å²) >= 11 is 3.47. The standard InChI is InChI=1S/C15H19BrF3N/c16-8-7-12-2-1-9-20(10-12)11-13-3-5-14(6-4-13)15(17,18)19/h3-6,12H,1-2,7-11H2. The molecular formula is C15H19BrF3N. The Kier molecular flexibility index (Phi) is 5.49. The molecule has 0 N–H and O–H groups in total. The van der Waals surface area contributed by atoms with Gasteiger partial charge in [0.2, 0.25) is 0 Å². The number of rotatable bonds is 4. The first-order chi connectivity index (χ1) is 9.49. The van der Waals surface area contributed by atoms with Gasteiger partial charge in [0.05, 0.1) is 5.56 Å². The van der Waals surface area contributed by atoms with Crippen LogP contribution in [0.25, 0.3) is 0 Å². The Labute approximate surface area is 126 Å². The summed E-state index contributed by atoms with van der Waals surface area (Å²) in [5.41, 5.74) is 0.384. The second kappa shape index (κ2) is 6.94. The van der Waals surface area contributed by atoms with Gasteiger partial charge >= 0.3 is 6.18 Å². The van der Waals surface area contributed by atoms with E-state index in [1.807, 2.05) is 0 Å². The molecule has 1 unspecified atom stereocenters. The fourth-order valence-corrected chi connectivity index (χ4v) is 3.39. The molecule has 1 aliphatic heterocycles. The maximum Gasteiger partial charge on any atom is 0.416 e. The van der Waals surface area contributed by atoms with E-state index in [1.165, 1.54) is 31.4 Å². The second-order valence-corrected chi connectivity index (χ2v) is 6.21. The summed E-state index contributed by atoms with van der Waals surface area (Å²) in [6.45, 7) is 2.84. The number of halogens is 4. The summed E-state index contributed by atoms with van der Waals surface area (Å²) in [6.07, 6.45) is -0.637. The highest BCUT2D eigenvalue weighted by Gasteiger charge is 2.30. The van der Waals surface area contributed by atoms with E-state index in [4.69, 9.17) is 0 Å². The van der Waals surface area contributed by atoms with Gasteiger partial charge in [-0.3, -0.25) is 4.90 Å². The monoisotopic (exact) mass is 349 g/mol. The van der Waals surface area contributed by atoms with Crippen molar-refractivity contribution in [2.24, 2.45) is 5.92 Å². The normalized spacial score (nSPS) is 21.1. The average molecular weight is 350 g/mol. The fourth-order valence-electron chi connectivity index (χ4n) is 2.74. The zero-order chi connectivity index (χ0) is 14.6. The first-order valence-electron chi connectivity index (χ1n) is 6.93. The van der Waals surface area contributed by atoms with Crippen LogP contribution in [0.2, 0.25) is 0 Å². The van der Waals surface area contributed by atoms with Gasteiger partial charge in [0.1, 0.15) is 0 Å². The second-order valence-electron chi connectivity index (χ2n) is 5.42. The van der Waals surface area contributed by atoms with Crippen LogP contribution in [0.15, 0.2) is 24.3 Å². The quantitative estimate of drug-likeness (QED) is 0.712. The third kappa shape index (κ3) is 4.48. The predicted molar refractivity (Wildman–Crippen MR) is 77.9 cm³/mol. The van der Waals surface area contributed by atoms with Crippen molar-refractivity contribution in [1.29, 1.82) is 0 Å². The van der Waals surface area contributed by atoms with Gasteiger partial charge in [-0.1, -0.05) is 28.1 Å². The highest BCUT2D eigenvalue weighted by Crippen LogP contribution is 2.29. The van der Waals surface area contributed by atoms with Crippen LogP contribution in [0.5, 0.6) is 0 Å². The fraction of sp³-hybridized carbons (Fsp3) is 0.600. The molecular weight excluding hydrogens is 331 g/mol. The average Bonchev–Trinajstić information content (AvgIpc) is 2.39. The number of nitrogens with zero attached hydrogens (tertiary/aromatic N) is 1. The molecule has 5 heteroatoms. The summed E-state index contributed by atoms with van der Waals surface area (Å²) in [6, 6.07) is 5.54. The molecule has 1 aliphatic rings. The van der Waals surface area contributed by atoms with E-state index in [2.05, 4.69) is 20.8 Å². The van der Waals surface area contributed by atoms with E-state index < -0.39 is 11.7 Å². The Balaban J connectivity index is 1.93. The van der Waals surface area contributed by atoms with Gasteiger partial charge < -0.3 is 0 Å². The van der Waals surface area contributed by atoms with Crippen molar-refractivity contribution < 1.29 is 13.2 Å². The van der Waals surface area contributed by atoms with Crippen LogP contribution in [0.4, 0.5) is 13.2 Å². The molecule has 0 spiro atoms. The minimum absolute atomic E-state index is 0.572. The van der Waals surface area contributed by atoms with Crippen molar-refractivity contribution in [2.45, 2.75) is 32.0 Å². The first-order valence-corrected chi connectivity index (χ1v) is 8.05. The number of benzene rings is 1. The van der Waals surface area contributed by atoms with Crippen LogP contribution in [-0.2, 0) is 12.7 Å². The molecule has 1 heterocycles. The van der Waals surface area contributed by atoms with Gasteiger partial charge in [0.15, 0.2) is 0 Å². The van der Waals surface area contributed by atoms with Crippen LogP contribution in [0, 0.1) is 5.92 Å². The lowest BCUT2D eigenvalue weighted by atomic mass is 9.95. The third-order valence-electron chi connectivity index (χ3n) is 3.81. The number of hydrogen-bond donors (Lipinski definition) is 0. The minimum Gasteiger partial charge on any atom is -0.299 e. The third-order valence-corrected chi connectivity index (χ3v) is 4.27. The van der Waals surface area contributed by atoms with E-state index >= 15 is 0 Å². The van der Waals surface area contributed by atoms with Crippen molar-refractivity contribution in [3.05, 3.63) is 35.4 Å². The lowest BCUT2D eigenvalue weighted by Crippen LogP contribution is -2.35. The van der Waals surface area contributed by atoms with Crippen molar-refractivity contribution in [1.82, 2.24) is 4.90 Å². The van der Waals surface area contributed by atoms with Gasteiger partial charge in [-0.2, -0.15) is 13.2 Å². The largest absolute Gasteiger partial charge is 0.416 e. The number of hydrogen-bond acceptors (Lipinski definition) is 1. The predicted octanol–water partition coefficient (Wildman–Crippen LogP) is 4.70. The smallest absolute Gasteiger partial charge is 0.299 e. The number of likely N-dealkylation sites (tertiary alicyclic amines) is 1. The molecule has 0 radical (unpaired) electrons. The minimum atomic E-state index is -4.25. The first kappa shape index (κ1) is 15.8. The number of alkyl halides is 4. The van der Waals surface area contributed by atoms with Crippen LogP contribution < -0.4 is 0 Å². The van der Waals surface area contributed by atoms with E-state index in [9.17, 15) is 13.2 Å². The molecule has 0 aliphatic carbocycles. The summed E-state index contributed by atoms with van der Waals surface area (Å²) < 4.78 is 37.5. The molecule has 1 nitrogen and oxygen atoms in total. The maximum absolute atomic E-state index is 12.5. The Morgan fingerprint density at radius 1 is 1.20 bits per heavy atom. The van der Waals surface area contributed by atoms with Gasteiger partial charge in [-0.05, 0) is 49.4 Å². The Bertz CT molecular complexity index is 414. The van der Waals surface area contributed by atoms with E-state index in [0.717, 1.165) is 30.5 Å². The van der Waals surface area contributed by atoms with E-state index in [0.29, 0.717) is 5.92 Å². The Morgan fingerprint density at radius 3 is 2.50 bits per heavy atom. The molecule has 20 heavy (non-hydrogen) atoms. The molecule has 1 atom stereocenters. The highest BCUT2D eigenvalue weighted by molar-refractivity contribution is 9.09. The topological polar surface area (TPSA) is 3.24 Å². The van der Waals surface area contributed by atoms with E-state index in [1.54, 1.807) is 12.1 Å². The molecule has 2 rings (SSSR count). The summed E-state index contributed by atoms with van der Waals surface area (Å²) in [4.78, 5) is 2.35. The summed E-state index contributed by atoms with van der Waals surface area (Å²) in [7, 11) is 0. The molecule has 1 saturated heterocycles. The van der Waals surface area contributed by atoms with E-state index in [-0.39, 0.29) is 0 Å². The molecule has 1 aromatic carbocycles. The van der Waals surface area contributed by atoms with Crippen LogP contribution in [0.3, 0.4) is 0 Å². The van der Waals surface area contributed by atoms with Crippen LogP contribution >= 0.6 is 15.9 Å². The molecule has 0 saturated carbocycles. The van der Waals surface area contributed by atoms with Gasteiger partial charge in [-0.15, -0.1) is 0 Å². The number of piperidine rings is 1. The summed E-state index contributed by atoms with van der Waals surface area (Å²) in [5.74, 6) is 0.706. The molecule has 1 aromatic rings. The van der Waals surface area contributed by atoms with Gasteiger partial charge in [0.25, 0.3) is 0 Å². The van der Waals surface area contributed by atoms with Crippen LogP contribution in [-0.4, -0.2) is 23.3 Å². The molecule has 0 bridgehead atoms. The highest BCUT2D eigenvalue weighted by atomic mass is 79.9. The zero-order valence-corrected chi connectivity index (χ0v) is 12.9. The van der Waals surface area contributed by atoms with Crippen molar-refractivity contribution in [2.75, 3.05) is 18.4 Å². The van der Waals surface area contributed by atoms with Crippen molar-refractivity contribution in [3.8, 4) is 0 Å². The maximum atomic E-state index is 12.5. The lowest BCUT2D eigenvalue weighted by molar-refractivity contribution is -0.137. The molecule has 0 amide bonds. The molecule has 0 aromatic heterocycles. The van der Waals surface area contributed by atoms with Crippen molar-refractivity contribution in [3.63, 3.8) is 0 Å². The molecule has 1 fully saturated rings. The van der Waals surface area contributed by atoms with Gasteiger partial charge in [-0.25, -0.2) is 0 Å². The lowest BCUT2D eigenvalue weighted by Gasteiger charge is -2.32. The zero-order valence-electron chi connectivity index (χ0n) is 11.3. The Hall–Kier alpha value is -0.550. The summed E-state index contributed by atoms with van der Waals surface area (Å²) in [5, 5.41) is 1.02. The SMILES string of the molecule is FC(F)(F)c1ccc(CN2CCCC(CCBr)C2)cc1. The molecule has 112 valence electrons. The van der Waals surface area contributed by atoms with Crippen molar-refractivity contribution >= 4 is 15.9 Å². The van der Waals surface area contributed by atoms with Gasteiger partial charge in [0, 0.05) is 18.4 Å². The Morgan fingerprint density at radius 2 is 1.90 bits per heavy atom. The van der Waals surface area contributed by atoms with Crippen LogP contribution in [0.1, 0.15) is 30.4 Å².